The van der Waals surface area contributed by atoms with Gasteiger partial charge in [-0.3, -0.25) is 9.69 Å². The zero-order chi connectivity index (χ0) is 27.6. The second-order valence-electron chi connectivity index (χ2n) is 10.3. The second kappa shape index (κ2) is 10.9. The number of aryl methyl sites for hydroxylation is 2. The number of aromatic amines is 1. The molecule has 3 heterocycles. The van der Waals surface area contributed by atoms with Crippen LogP contribution >= 0.6 is 0 Å². The third kappa shape index (κ3) is 4.96. The number of pyridine rings is 1. The number of rotatable bonds is 7. The van der Waals surface area contributed by atoms with Crippen LogP contribution in [0, 0.1) is 13.8 Å². The summed E-state index contributed by atoms with van der Waals surface area (Å²) in [6.45, 7) is 7.74. The number of ether oxygens (including phenoxy) is 1. The van der Waals surface area contributed by atoms with Crippen LogP contribution in [-0.4, -0.2) is 63.4 Å². The maximum atomic E-state index is 13.7. The quantitative estimate of drug-likeness (QED) is 0.336. The number of hydrogen-bond donors (Lipinski definition) is 1. The van der Waals surface area contributed by atoms with Crippen LogP contribution < -0.4 is 15.2 Å². The Balaban J connectivity index is 1.39. The molecule has 1 N–H and O–H groups in total. The molecule has 0 unspecified atom stereocenters. The minimum Gasteiger partial charge on any atom is -0.497 e. The molecule has 0 saturated carbocycles. The molecule has 3 aromatic carbocycles. The van der Waals surface area contributed by atoms with E-state index >= 15 is 0 Å². The van der Waals surface area contributed by atoms with Gasteiger partial charge in [-0.15, -0.1) is 5.10 Å². The zero-order valence-corrected chi connectivity index (χ0v) is 23.0. The third-order valence-corrected chi connectivity index (χ3v) is 7.86. The number of benzene rings is 3. The van der Waals surface area contributed by atoms with E-state index in [2.05, 4.69) is 67.6 Å². The number of anilines is 1. The lowest BCUT2D eigenvalue weighted by Gasteiger charge is -2.39. The molecule has 6 rings (SSSR count). The molecule has 0 aliphatic carbocycles. The molecule has 0 bridgehead atoms. The van der Waals surface area contributed by atoms with Gasteiger partial charge in [0.1, 0.15) is 11.8 Å². The van der Waals surface area contributed by atoms with E-state index in [9.17, 15) is 4.79 Å². The van der Waals surface area contributed by atoms with Crippen LogP contribution in [0.2, 0.25) is 0 Å². The van der Waals surface area contributed by atoms with E-state index in [4.69, 9.17) is 4.74 Å². The molecule has 1 saturated heterocycles. The van der Waals surface area contributed by atoms with Gasteiger partial charge >= 0.3 is 0 Å². The molecule has 0 amide bonds. The first kappa shape index (κ1) is 25.8. The van der Waals surface area contributed by atoms with Gasteiger partial charge in [-0.2, -0.15) is 0 Å². The van der Waals surface area contributed by atoms with Gasteiger partial charge in [0.25, 0.3) is 5.56 Å². The van der Waals surface area contributed by atoms with Crippen LogP contribution in [-0.2, 0) is 6.54 Å². The number of piperazine rings is 1. The van der Waals surface area contributed by atoms with Crippen LogP contribution in [0.25, 0.3) is 10.9 Å². The lowest BCUT2D eigenvalue weighted by Crippen LogP contribution is -2.49. The molecule has 1 fully saturated rings. The Morgan fingerprint density at radius 1 is 0.925 bits per heavy atom. The smallest absolute Gasteiger partial charge is 0.253 e. The number of nitrogens with zero attached hydrogens (tertiary/aromatic N) is 6. The number of tetrazole rings is 1. The number of nitrogens with one attached hydrogen (secondary N) is 1. The maximum absolute atomic E-state index is 13.7. The van der Waals surface area contributed by atoms with E-state index in [1.165, 1.54) is 0 Å². The highest BCUT2D eigenvalue weighted by Crippen LogP contribution is 2.30. The summed E-state index contributed by atoms with van der Waals surface area (Å²) >= 11 is 0. The van der Waals surface area contributed by atoms with Crippen molar-refractivity contribution in [2.24, 2.45) is 0 Å². The van der Waals surface area contributed by atoms with Crippen molar-refractivity contribution in [3.05, 3.63) is 111 Å². The molecule has 1 aliphatic heterocycles. The minimum atomic E-state index is -0.398. The SMILES string of the molecule is COc1ccc(N2CCN([C@H](c3cc4c(C)ccc(C)c4[nH]c3=O)c3nnnn3Cc3ccccc3)CC2)cc1. The molecule has 0 radical (unpaired) electrons. The largest absolute Gasteiger partial charge is 0.497 e. The van der Waals surface area contributed by atoms with Crippen LogP contribution in [0.4, 0.5) is 5.69 Å². The van der Waals surface area contributed by atoms with E-state index in [0.29, 0.717) is 17.9 Å². The topological polar surface area (TPSA) is 92.2 Å². The van der Waals surface area contributed by atoms with Gasteiger partial charge in [-0.05, 0) is 71.3 Å². The number of aromatic nitrogens is 5. The predicted molar refractivity (Wildman–Crippen MR) is 156 cm³/mol. The summed E-state index contributed by atoms with van der Waals surface area (Å²) in [7, 11) is 1.68. The summed E-state index contributed by atoms with van der Waals surface area (Å²) in [6.07, 6.45) is 0. The van der Waals surface area contributed by atoms with Gasteiger partial charge in [0.15, 0.2) is 5.82 Å². The summed E-state index contributed by atoms with van der Waals surface area (Å²) in [6, 6.07) is 24.1. The van der Waals surface area contributed by atoms with E-state index in [-0.39, 0.29) is 5.56 Å². The van der Waals surface area contributed by atoms with Gasteiger partial charge in [-0.1, -0.05) is 42.5 Å². The molecule has 0 spiro atoms. The lowest BCUT2D eigenvalue weighted by molar-refractivity contribution is 0.200. The summed E-state index contributed by atoms with van der Waals surface area (Å²) in [5.74, 6) is 1.51. The first-order valence-electron chi connectivity index (χ1n) is 13.6. The van der Waals surface area contributed by atoms with Gasteiger partial charge < -0.3 is 14.6 Å². The summed E-state index contributed by atoms with van der Waals surface area (Å²) < 4.78 is 7.15. The number of fused-ring (bicyclic) bond motifs is 1. The minimum absolute atomic E-state index is 0.113. The highest BCUT2D eigenvalue weighted by atomic mass is 16.5. The van der Waals surface area contributed by atoms with Crippen molar-refractivity contribution in [2.45, 2.75) is 26.4 Å². The highest BCUT2D eigenvalue weighted by molar-refractivity contribution is 5.85. The molecule has 9 heteroatoms. The number of methoxy groups -OCH3 is 1. The van der Waals surface area contributed by atoms with E-state index in [0.717, 1.165) is 65.2 Å². The molecular formula is C31H33N7O2. The fourth-order valence-corrected chi connectivity index (χ4v) is 5.60. The molecule has 1 aliphatic rings. The Kier molecular flexibility index (Phi) is 7.04. The Bertz CT molecular complexity index is 1670. The Morgan fingerprint density at radius 2 is 1.65 bits per heavy atom. The third-order valence-electron chi connectivity index (χ3n) is 7.86. The molecule has 2 aromatic heterocycles. The van der Waals surface area contributed by atoms with E-state index in [1.807, 2.05) is 54.1 Å². The Hall–Kier alpha value is -4.50. The zero-order valence-electron chi connectivity index (χ0n) is 23.0. The molecular weight excluding hydrogens is 502 g/mol. The van der Waals surface area contributed by atoms with Crippen molar-refractivity contribution in [3.8, 4) is 5.75 Å². The number of hydrogen-bond acceptors (Lipinski definition) is 7. The normalized spacial score (nSPS) is 14.9. The van der Waals surface area contributed by atoms with E-state index in [1.54, 1.807) is 7.11 Å². The lowest BCUT2D eigenvalue weighted by atomic mass is 9.99. The first-order valence-corrected chi connectivity index (χ1v) is 13.6. The van der Waals surface area contributed by atoms with Gasteiger partial charge in [0, 0.05) is 42.8 Å². The van der Waals surface area contributed by atoms with Crippen LogP contribution in [0.3, 0.4) is 0 Å². The fourth-order valence-electron chi connectivity index (χ4n) is 5.60. The summed E-state index contributed by atoms with van der Waals surface area (Å²) in [4.78, 5) is 21.6. The van der Waals surface area contributed by atoms with Gasteiger partial charge in [-0.25, -0.2) is 4.68 Å². The molecule has 9 nitrogen and oxygen atoms in total. The van der Waals surface area contributed by atoms with Gasteiger partial charge in [0.05, 0.1) is 19.2 Å². The average Bonchev–Trinajstić information content (AvgIpc) is 3.44. The molecule has 5 aromatic rings. The summed E-state index contributed by atoms with van der Waals surface area (Å²) in [5, 5.41) is 14.0. The maximum Gasteiger partial charge on any atom is 0.253 e. The standard InChI is InChI=1S/C31H33N7O2/c1-21-9-10-22(2)28-26(21)19-27(31(39)32-28)29(30-33-34-35-38(30)20-23-7-5-4-6-8-23)37-17-15-36(16-18-37)24-11-13-25(40-3)14-12-24/h4-14,19,29H,15-18,20H2,1-3H3,(H,32,39)/t29-/m1/s1. The van der Waals surface area contributed by atoms with Crippen molar-refractivity contribution in [1.82, 2.24) is 30.1 Å². The highest BCUT2D eigenvalue weighted by Gasteiger charge is 2.33. The number of H-pyrrole nitrogens is 1. The van der Waals surface area contributed by atoms with Crippen molar-refractivity contribution >= 4 is 16.6 Å². The summed E-state index contributed by atoms with van der Waals surface area (Å²) in [5.41, 5.74) is 5.83. The van der Waals surface area contributed by atoms with Crippen LogP contribution in [0.1, 0.15) is 34.1 Å². The molecule has 1 atom stereocenters. The molecule has 204 valence electrons. The van der Waals surface area contributed by atoms with Crippen molar-refractivity contribution in [2.75, 3.05) is 38.2 Å². The average molecular weight is 536 g/mol. The van der Waals surface area contributed by atoms with Crippen LogP contribution in [0.15, 0.2) is 77.6 Å². The van der Waals surface area contributed by atoms with Crippen molar-refractivity contribution in [3.63, 3.8) is 0 Å². The molecule has 40 heavy (non-hydrogen) atoms. The Labute approximate surface area is 233 Å². The first-order chi connectivity index (χ1) is 19.5. The monoisotopic (exact) mass is 535 g/mol. The predicted octanol–water partition coefficient (Wildman–Crippen LogP) is 4.10. The van der Waals surface area contributed by atoms with Crippen molar-refractivity contribution in [1.29, 1.82) is 0 Å². The van der Waals surface area contributed by atoms with Crippen molar-refractivity contribution < 1.29 is 4.74 Å². The second-order valence-corrected chi connectivity index (χ2v) is 10.3. The van der Waals surface area contributed by atoms with Gasteiger partial charge in [0.2, 0.25) is 0 Å². The van der Waals surface area contributed by atoms with E-state index < -0.39 is 6.04 Å². The fraction of sp³-hybridized carbons (Fsp3) is 0.290. The Morgan fingerprint density at radius 3 is 2.38 bits per heavy atom. The van der Waals surface area contributed by atoms with Crippen LogP contribution in [0.5, 0.6) is 5.75 Å².